The molecule has 0 bridgehead atoms. The summed E-state index contributed by atoms with van der Waals surface area (Å²) in [7, 11) is 2.15. The number of hydrogen-bond donors (Lipinski definition) is 0. The monoisotopic (exact) mass is 386 g/mol. The quantitative estimate of drug-likeness (QED) is 0.752. The number of aryl methyl sites for hydroxylation is 2. The van der Waals surface area contributed by atoms with Gasteiger partial charge in [-0.1, -0.05) is 0 Å². The van der Waals surface area contributed by atoms with Gasteiger partial charge in [0.1, 0.15) is 10.5 Å². The van der Waals surface area contributed by atoms with Crippen molar-refractivity contribution < 1.29 is 17.9 Å². The Bertz CT molecular complexity index is 761. The summed E-state index contributed by atoms with van der Waals surface area (Å²) in [4.78, 5) is 2.40. The van der Waals surface area contributed by atoms with E-state index in [1.54, 1.807) is 25.6 Å². The van der Waals surface area contributed by atoms with Crippen LogP contribution in [0, 0.1) is 13.8 Å². The summed E-state index contributed by atoms with van der Waals surface area (Å²) in [6, 6.07) is 0. The number of sulfonamides is 1. The van der Waals surface area contributed by atoms with Crippen LogP contribution in [0.4, 0.5) is 0 Å². The average Bonchev–Trinajstić information content (AvgIpc) is 2.93. The van der Waals surface area contributed by atoms with E-state index in [0.717, 1.165) is 19.4 Å². The lowest BCUT2D eigenvalue weighted by molar-refractivity contribution is -0.0858. The molecule has 0 aromatic carbocycles. The van der Waals surface area contributed by atoms with E-state index in [2.05, 4.69) is 10.00 Å². The molecular weight excluding hydrogens is 356 g/mol. The molecule has 0 aliphatic carbocycles. The maximum atomic E-state index is 13.3. The van der Waals surface area contributed by atoms with E-state index >= 15 is 0 Å². The van der Waals surface area contributed by atoms with Crippen LogP contribution >= 0.6 is 0 Å². The van der Waals surface area contributed by atoms with Gasteiger partial charge in [0, 0.05) is 26.7 Å². The van der Waals surface area contributed by atoms with Gasteiger partial charge >= 0.3 is 0 Å². The van der Waals surface area contributed by atoms with E-state index in [0.29, 0.717) is 42.6 Å². The molecule has 2 saturated heterocycles. The predicted molar refractivity (Wildman–Crippen MR) is 97.7 cm³/mol. The van der Waals surface area contributed by atoms with E-state index in [1.807, 2.05) is 14.1 Å². The van der Waals surface area contributed by atoms with Crippen LogP contribution in [0.1, 0.15) is 24.2 Å². The molecule has 1 aromatic rings. The summed E-state index contributed by atoms with van der Waals surface area (Å²) in [5.74, 6) is 0. The molecule has 2 atom stereocenters. The molecule has 2 aliphatic heterocycles. The predicted octanol–water partition coefficient (Wildman–Crippen LogP) is 0.537. The summed E-state index contributed by atoms with van der Waals surface area (Å²) in [6.07, 6.45) is 1.83. The maximum absolute atomic E-state index is 13.3. The number of nitrogens with zero attached hydrogens (tertiary/aromatic N) is 4. The van der Waals surface area contributed by atoms with Gasteiger partial charge in [0.05, 0.1) is 30.7 Å². The summed E-state index contributed by atoms with van der Waals surface area (Å²) < 4.78 is 41.9. The Hall–Kier alpha value is -1.00. The summed E-state index contributed by atoms with van der Waals surface area (Å²) >= 11 is 0. The van der Waals surface area contributed by atoms with Gasteiger partial charge in [-0.2, -0.15) is 9.40 Å². The maximum Gasteiger partial charge on any atom is 0.246 e. The molecule has 0 amide bonds. The Balaban J connectivity index is 1.86. The Morgan fingerprint density at radius 3 is 2.69 bits per heavy atom. The summed E-state index contributed by atoms with van der Waals surface area (Å²) in [6.45, 7) is 5.83. The molecule has 1 spiro atoms. The molecule has 0 N–H and O–H groups in total. The van der Waals surface area contributed by atoms with Crippen LogP contribution in [0.5, 0.6) is 0 Å². The molecule has 0 saturated carbocycles. The van der Waals surface area contributed by atoms with Crippen LogP contribution < -0.4 is 0 Å². The van der Waals surface area contributed by atoms with Crippen molar-refractivity contribution in [3.8, 4) is 0 Å². The molecular formula is C17H30N4O4S. The fraction of sp³-hybridized carbons (Fsp3) is 0.824. The number of likely N-dealkylation sites (N-methyl/N-ethyl adjacent to an activating group) is 1. The van der Waals surface area contributed by atoms with Crippen LogP contribution in [0.2, 0.25) is 0 Å². The second-order valence-corrected chi connectivity index (χ2v) is 9.61. The van der Waals surface area contributed by atoms with Crippen LogP contribution in [0.25, 0.3) is 0 Å². The Morgan fingerprint density at radius 2 is 2.08 bits per heavy atom. The number of hydrogen-bond acceptors (Lipinski definition) is 6. The fourth-order valence-corrected chi connectivity index (χ4v) is 5.88. The first-order valence-electron chi connectivity index (χ1n) is 9.05. The van der Waals surface area contributed by atoms with E-state index in [4.69, 9.17) is 9.47 Å². The van der Waals surface area contributed by atoms with Crippen LogP contribution in [-0.4, -0.2) is 86.1 Å². The van der Waals surface area contributed by atoms with Crippen molar-refractivity contribution in [2.45, 2.75) is 43.3 Å². The van der Waals surface area contributed by atoms with Gasteiger partial charge in [0.15, 0.2) is 0 Å². The highest BCUT2D eigenvalue weighted by Crippen LogP contribution is 2.35. The first kappa shape index (κ1) is 19.8. The minimum Gasteiger partial charge on any atom is -0.377 e. The number of aromatic nitrogens is 2. The lowest BCUT2D eigenvalue weighted by Crippen LogP contribution is -2.47. The minimum absolute atomic E-state index is 0.109. The SMILES string of the molecule is Cc1nn(C)c(C)c1S(=O)(=O)N1CCOC[C@]2(CC[C@@H](CN(C)C)O2)C1. The van der Waals surface area contributed by atoms with Gasteiger partial charge < -0.3 is 14.4 Å². The minimum atomic E-state index is -3.65. The smallest absolute Gasteiger partial charge is 0.246 e. The molecule has 3 heterocycles. The van der Waals surface area contributed by atoms with Crippen LogP contribution in [0.15, 0.2) is 4.90 Å². The normalized spacial score (nSPS) is 28.2. The topological polar surface area (TPSA) is 76.9 Å². The third kappa shape index (κ3) is 3.68. The van der Waals surface area contributed by atoms with Gasteiger partial charge in [-0.3, -0.25) is 4.68 Å². The highest BCUT2D eigenvalue weighted by atomic mass is 32.2. The molecule has 3 rings (SSSR count). The lowest BCUT2D eigenvalue weighted by atomic mass is 10.0. The van der Waals surface area contributed by atoms with E-state index in [1.165, 1.54) is 4.31 Å². The summed E-state index contributed by atoms with van der Waals surface area (Å²) in [5, 5.41) is 4.27. The van der Waals surface area contributed by atoms with Crippen LogP contribution in [0.3, 0.4) is 0 Å². The van der Waals surface area contributed by atoms with Crippen molar-refractivity contribution in [2.75, 3.05) is 46.9 Å². The van der Waals surface area contributed by atoms with Crippen molar-refractivity contribution >= 4 is 10.0 Å². The van der Waals surface area contributed by atoms with Crippen molar-refractivity contribution in [1.82, 2.24) is 19.0 Å². The van der Waals surface area contributed by atoms with E-state index < -0.39 is 15.6 Å². The molecule has 148 valence electrons. The van der Waals surface area contributed by atoms with Crippen molar-refractivity contribution in [3.05, 3.63) is 11.4 Å². The molecule has 1 aromatic heterocycles. The Morgan fingerprint density at radius 1 is 1.35 bits per heavy atom. The zero-order valence-electron chi connectivity index (χ0n) is 16.4. The number of ether oxygens (including phenoxy) is 2. The molecule has 26 heavy (non-hydrogen) atoms. The van der Waals surface area contributed by atoms with Crippen molar-refractivity contribution in [3.63, 3.8) is 0 Å². The van der Waals surface area contributed by atoms with Gasteiger partial charge in [0.2, 0.25) is 10.0 Å². The first-order valence-corrected chi connectivity index (χ1v) is 10.5. The second-order valence-electron chi connectivity index (χ2n) is 7.74. The Kier molecular flexibility index (Phi) is 5.47. The van der Waals surface area contributed by atoms with E-state index in [-0.39, 0.29) is 6.10 Å². The highest BCUT2D eigenvalue weighted by Gasteiger charge is 2.46. The van der Waals surface area contributed by atoms with Gasteiger partial charge in [-0.15, -0.1) is 0 Å². The first-order chi connectivity index (χ1) is 12.1. The Labute approximate surface area is 156 Å². The van der Waals surface area contributed by atoms with Crippen LogP contribution in [-0.2, 0) is 26.5 Å². The second kappa shape index (κ2) is 7.20. The third-order valence-electron chi connectivity index (χ3n) is 5.26. The molecule has 8 nitrogen and oxygen atoms in total. The largest absolute Gasteiger partial charge is 0.377 e. The fourth-order valence-electron chi connectivity index (χ4n) is 3.99. The third-order valence-corrected chi connectivity index (χ3v) is 7.36. The summed E-state index contributed by atoms with van der Waals surface area (Å²) in [5.41, 5.74) is 0.621. The lowest BCUT2D eigenvalue weighted by Gasteiger charge is -2.32. The van der Waals surface area contributed by atoms with Gasteiger partial charge in [0.25, 0.3) is 0 Å². The zero-order chi connectivity index (χ0) is 19.1. The van der Waals surface area contributed by atoms with E-state index in [9.17, 15) is 8.42 Å². The van der Waals surface area contributed by atoms with Crippen molar-refractivity contribution in [2.24, 2.45) is 7.05 Å². The number of rotatable bonds is 4. The average molecular weight is 387 g/mol. The molecule has 0 unspecified atom stereocenters. The molecule has 9 heteroatoms. The highest BCUT2D eigenvalue weighted by molar-refractivity contribution is 7.89. The molecule has 2 fully saturated rings. The molecule has 2 aliphatic rings. The van der Waals surface area contributed by atoms with Crippen molar-refractivity contribution in [1.29, 1.82) is 0 Å². The van der Waals surface area contributed by atoms with Gasteiger partial charge in [-0.05, 0) is 40.8 Å². The molecule has 0 radical (unpaired) electrons. The van der Waals surface area contributed by atoms with Gasteiger partial charge in [-0.25, -0.2) is 8.42 Å². The zero-order valence-corrected chi connectivity index (χ0v) is 17.2. The standard InChI is InChI=1S/C17H30N4O4S/c1-13-16(14(2)20(5)18-13)26(22,23)21-8-9-24-12-17(11-21)7-6-15(25-17)10-19(3)4/h15H,6-12H2,1-5H3/t15-,17-/m0/s1.